The number of hydrogen-bond acceptors (Lipinski definition) is 4. The Labute approximate surface area is 103 Å². The van der Waals surface area contributed by atoms with Gasteiger partial charge in [0.1, 0.15) is 6.04 Å². The van der Waals surface area contributed by atoms with Gasteiger partial charge in [-0.2, -0.15) is 0 Å². The molecule has 2 rings (SSSR count). The molecule has 0 unspecified atom stereocenters. The van der Waals surface area contributed by atoms with Gasteiger partial charge in [-0.3, -0.25) is 4.79 Å². The van der Waals surface area contributed by atoms with E-state index in [0.717, 1.165) is 0 Å². The molecule has 0 radical (unpaired) electrons. The van der Waals surface area contributed by atoms with E-state index in [1.54, 1.807) is 24.3 Å². The Morgan fingerprint density at radius 3 is 2.59 bits per heavy atom. The van der Waals surface area contributed by atoms with Crippen LogP contribution in [0.15, 0.2) is 24.3 Å². The molecule has 1 amide bonds. The lowest BCUT2D eigenvalue weighted by atomic mass is 10.1. The molecule has 6 heteroatoms. The smallest absolute Gasteiger partial charge is 0.327 e. The van der Waals surface area contributed by atoms with Gasteiger partial charge >= 0.3 is 5.97 Å². The van der Waals surface area contributed by atoms with Crippen LogP contribution in [-0.4, -0.2) is 39.6 Å². The summed E-state index contributed by atoms with van der Waals surface area (Å²) in [6.45, 7) is 0. The van der Waals surface area contributed by atoms with Crippen LogP contribution in [0.2, 0.25) is 0 Å². The van der Waals surface area contributed by atoms with Gasteiger partial charge in [0.2, 0.25) is 0 Å². The van der Waals surface area contributed by atoms with Crippen LogP contribution in [0.5, 0.6) is 0 Å². The number of carbonyl (C=O) groups is 2. The first-order chi connectivity index (χ1) is 8.09. The van der Waals surface area contributed by atoms with Crippen LogP contribution in [0, 0.1) is 0 Å². The summed E-state index contributed by atoms with van der Waals surface area (Å²) in [6.07, 6.45) is 0. The zero-order valence-corrected chi connectivity index (χ0v) is 9.81. The van der Waals surface area contributed by atoms with Gasteiger partial charge < -0.3 is 15.7 Å². The summed E-state index contributed by atoms with van der Waals surface area (Å²) < 4.78 is 0. The molecule has 0 bridgehead atoms. The first-order valence-corrected chi connectivity index (χ1v) is 6.22. The quantitative estimate of drug-likeness (QED) is 0.763. The van der Waals surface area contributed by atoms with Gasteiger partial charge in [0.05, 0.1) is 5.88 Å². The second kappa shape index (κ2) is 4.67. The number of nitrogens with zero attached hydrogens (tertiary/aromatic N) is 1. The van der Waals surface area contributed by atoms with Crippen LogP contribution < -0.4 is 5.73 Å². The topological polar surface area (TPSA) is 83.6 Å². The van der Waals surface area contributed by atoms with Gasteiger partial charge in [0.25, 0.3) is 5.91 Å². The number of anilines is 1. The summed E-state index contributed by atoms with van der Waals surface area (Å²) in [5.41, 5.74) is 6.57. The molecule has 0 aliphatic carbocycles. The van der Waals surface area contributed by atoms with Crippen molar-refractivity contribution >= 4 is 29.3 Å². The number of rotatable bonds is 2. The first kappa shape index (κ1) is 11.8. The number of benzene rings is 1. The van der Waals surface area contributed by atoms with Gasteiger partial charge in [-0.05, 0) is 24.3 Å². The highest BCUT2D eigenvalue weighted by Crippen LogP contribution is 2.23. The maximum absolute atomic E-state index is 12.1. The number of carboxylic acid groups (broad SMARTS) is 1. The van der Waals surface area contributed by atoms with Crippen LogP contribution in [-0.2, 0) is 4.79 Å². The van der Waals surface area contributed by atoms with Crippen molar-refractivity contribution in [3.05, 3.63) is 29.8 Å². The molecule has 1 fully saturated rings. The van der Waals surface area contributed by atoms with Crippen LogP contribution in [0.3, 0.4) is 0 Å². The Morgan fingerprint density at radius 1 is 1.35 bits per heavy atom. The molecule has 1 heterocycles. The third-order valence-corrected chi connectivity index (χ3v) is 3.60. The highest BCUT2D eigenvalue weighted by Gasteiger charge is 2.34. The van der Waals surface area contributed by atoms with Crippen molar-refractivity contribution in [2.24, 2.45) is 0 Å². The molecule has 17 heavy (non-hydrogen) atoms. The van der Waals surface area contributed by atoms with E-state index >= 15 is 0 Å². The van der Waals surface area contributed by atoms with Crippen molar-refractivity contribution in [2.45, 2.75) is 6.04 Å². The molecular formula is C11H12N2O3S. The normalized spacial score (nSPS) is 19.3. The Hall–Kier alpha value is -1.69. The Morgan fingerprint density at radius 2 is 2.00 bits per heavy atom. The summed E-state index contributed by atoms with van der Waals surface area (Å²) in [5.74, 6) is -0.364. The minimum absolute atomic E-state index is 0.262. The number of nitrogens with two attached hydrogens (primary N) is 1. The Bertz CT molecular complexity index is 447. The standard InChI is InChI=1S/C11H12N2O3S/c12-8-3-1-7(2-4-8)10(14)13-6-17-5-9(13)11(15)16/h1-4,9H,5-6,12H2,(H,15,16)/t9-/m0/s1. The summed E-state index contributed by atoms with van der Waals surface area (Å²) in [6, 6.07) is 5.75. The van der Waals surface area contributed by atoms with E-state index < -0.39 is 12.0 Å². The average molecular weight is 252 g/mol. The van der Waals surface area contributed by atoms with Crippen molar-refractivity contribution < 1.29 is 14.7 Å². The zero-order valence-electron chi connectivity index (χ0n) is 9.00. The molecule has 1 aliphatic rings. The predicted octanol–water partition coefficient (Wildman–Crippen LogP) is 0.869. The molecule has 1 aliphatic heterocycles. The largest absolute Gasteiger partial charge is 0.480 e. The number of nitrogen functional groups attached to an aromatic ring is 1. The maximum atomic E-state index is 12.1. The van der Waals surface area contributed by atoms with Gasteiger partial charge in [-0.25, -0.2) is 4.79 Å². The molecule has 1 aromatic carbocycles. The molecule has 0 aromatic heterocycles. The first-order valence-electron chi connectivity index (χ1n) is 5.06. The third kappa shape index (κ3) is 2.36. The molecule has 3 N–H and O–H groups in total. The number of amides is 1. The fourth-order valence-corrected chi connectivity index (χ4v) is 2.78. The lowest BCUT2D eigenvalue weighted by molar-refractivity contribution is -0.140. The third-order valence-electron chi connectivity index (χ3n) is 2.59. The number of hydrogen-bond donors (Lipinski definition) is 2. The van der Waals surface area contributed by atoms with E-state index in [4.69, 9.17) is 10.8 Å². The number of thioether (sulfide) groups is 1. The molecule has 1 atom stereocenters. The van der Waals surface area contributed by atoms with Crippen LogP contribution >= 0.6 is 11.8 Å². The number of aliphatic carboxylic acids is 1. The maximum Gasteiger partial charge on any atom is 0.327 e. The molecule has 5 nitrogen and oxygen atoms in total. The monoisotopic (exact) mass is 252 g/mol. The Balaban J connectivity index is 2.19. The molecule has 0 saturated carbocycles. The SMILES string of the molecule is Nc1ccc(C(=O)N2CSC[C@H]2C(=O)O)cc1. The molecule has 1 aromatic rings. The summed E-state index contributed by atoms with van der Waals surface area (Å²) in [5, 5.41) is 9.00. The van der Waals surface area contributed by atoms with Crippen LogP contribution in [0.1, 0.15) is 10.4 Å². The fraction of sp³-hybridized carbons (Fsp3) is 0.273. The summed E-state index contributed by atoms with van der Waals surface area (Å²) in [4.78, 5) is 24.4. The minimum Gasteiger partial charge on any atom is -0.480 e. The second-order valence-corrected chi connectivity index (χ2v) is 4.75. The van der Waals surface area contributed by atoms with Gasteiger partial charge in [-0.1, -0.05) is 0 Å². The lowest BCUT2D eigenvalue weighted by Crippen LogP contribution is -2.41. The number of carboxylic acids is 1. The minimum atomic E-state index is -0.959. The molecule has 0 spiro atoms. The van der Waals surface area contributed by atoms with Gasteiger partial charge in [0, 0.05) is 17.0 Å². The van der Waals surface area contributed by atoms with E-state index in [9.17, 15) is 9.59 Å². The summed E-state index contributed by atoms with van der Waals surface area (Å²) >= 11 is 1.44. The molecular weight excluding hydrogens is 240 g/mol. The van der Waals surface area contributed by atoms with Crippen molar-refractivity contribution in [2.75, 3.05) is 17.4 Å². The van der Waals surface area contributed by atoms with Crippen molar-refractivity contribution in [3.63, 3.8) is 0 Å². The highest BCUT2D eigenvalue weighted by molar-refractivity contribution is 7.99. The van der Waals surface area contributed by atoms with Crippen LogP contribution in [0.4, 0.5) is 5.69 Å². The zero-order chi connectivity index (χ0) is 12.4. The van der Waals surface area contributed by atoms with E-state index in [1.165, 1.54) is 16.7 Å². The van der Waals surface area contributed by atoms with Crippen molar-refractivity contribution in [1.29, 1.82) is 0 Å². The highest BCUT2D eigenvalue weighted by atomic mass is 32.2. The fourth-order valence-electron chi connectivity index (χ4n) is 1.64. The van der Waals surface area contributed by atoms with E-state index in [1.807, 2.05) is 0 Å². The Kier molecular flexibility index (Phi) is 3.23. The average Bonchev–Trinajstić information content (AvgIpc) is 2.78. The second-order valence-electron chi connectivity index (χ2n) is 3.75. The van der Waals surface area contributed by atoms with E-state index in [0.29, 0.717) is 22.9 Å². The molecule has 90 valence electrons. The van der Waals surface area contributed by atoms with Crippen molar-refractivity contribution in [1.82, 2.24) is 4.90 Å². The van der Waals surface area contributed by atoms with E-state index in [-0.39, 0.29) is 5.91 Å². The van der Waals surface area contributed by atoms with Gasteiger partial charge in [0.15, 0.2) is 0 Å². The van der Waals surface area contributed by atoms with Gasteiger partial charge in [-0.15, -0.1) is 11.8 Å². The summed E-state index contributed by atoms with van der Waals surface area (Å²) in [7, 11) is 0. The number of carbonyl (C=O) groups excluding carboxylic acids is 1. The predicted molar refractivity (Wildman–Crippen MR) is 65.8 cm³/mol. The molecule has 1 saturated heterocycles. The van der Waals surface area contributed by atoms with Crippen molar-refractivity contribution in [3.8, 4) is 0 Å². The van der Waals surface area contributed by atoms with E-state index in [2.05, 4.69) is 0 Å². The van der Waals surface area contributed by atoms with Crippen LogP contribution in [0.25, 0.3) is 0 Å². The lowest BCUT2D eigenvalue weighted by Gasteiger charge is -2.20.